The van der Waals surface area contributed by atoms with Crippen LogP contribution in [0.2, 0.25) is 0 Å². The second-order valence-corrected chi connectivity index (χ2v) is 8.64. The Morgan fingerprint density at radius 3 is 2.10 bits per heavy atom. The van der Waals surface area contributed by atoms with Gasteiger partial charge in [0, 0.05) is 12.8 Å². The van der Waals surface area contributed by atoms with Gasteiger partial charge in [-0.2, -0.15) is 0 Å². The normalized spacial score (nSPS) is 14.7. The van der Waals surface area contributed by atoms with E-state index in [-0.39, 0.29) is 11.5 Å². The molecule has 156 valence electrons. The molecule has 0 amide bonds. The smallest absolute Gasteiger partial charge is 0.122 e. The third-order valence-corrected chi connectivity index (χ3v) is 6.32. The molecule has 0 saturated heterocycles. The maximum Gasteiger partial charge on any atom is 0.122 e. The lowest BCUT2D eigenvalue weighted by Crippen LogP contribution is -2.06. The van der Waals surface area contributed by atoms with E-state index in [4.69, 9.17) is 0 Å². The van der Waals surface area contributed by atoms with E-state index in [1.807, 2.05) is 43.3 Å². The van der Waals surface area contributed by atoms with Gasteiger partial charge in [0.1, 0.15) is 17.2 Å². The van der Waals surface area contributed by atoms with Crippen molar-refractivity contribution in [1.82, 2.24) is 0 Å². The fraction of sp³-hybridized carbons (Fsp3) is 0.333. The standard InChI is InChI=1S/C27H30O3/c1-18-14-22(16-19-10-12-24(28)13-11-19)26(29)23(15-18)17-21-8-5-9-25(27(21)30)20-6-3-2-4-7-20/h5,8-15,20,28-30H,2-4,6-7,16-17H2,1H3. The molecule has 0 radical (unpaired) electrons. The Labute approximate surface area is 178 Å². The van der Waals surface area contributed by atoms with Gasteiger partial charge in [-0.1, -0.05) is 67.3 Å². The Kier molecular flexibility index (Phi) is 5.98. The van der Waals surface area contributed by atoms with Crippen LogP contribution in [-0.4, -0.2) is 15.3 Å². The first kappa shape index (κ1) is 20.3. The van der Waals surface area contributed by atoms with Gasteiger partial charge in [-0.3, -0.25) is 0 Å². The first-order valence-electron chi connectivity index (χ1n) is 10.9. The molecular formula is C27H30O3. The van der Waals surface area contributed by atoms with E-state index < -0.39 is 0 Å². The second kappa shape index (κ2) is 8.83. The van der Waals surface area contributed by atoms with Crippen molar-refractivity contribution < 1.29 is 15.3 Å². The van der Waals surface area contributed by atoms with Crippen LogP contribution in [0.3, 0.4) is 0 Å². The Morgan fingerprint density at radius 2 is 1.40 bits per heavy atom. The number of aryl methyl sites for hydroxylation is 1. The highest BCUT2D eigenvalue weighted by Crippen LogP contribution is 2.39. The van der Waals surface area contributed by atoms with Crippen molar-refractivity contribution in [2.24, 2.45) is 0 Å². The number of benzene rings is 3. The minimum absolute atomic E-state index is 0.237. The maximum atomic E-state index is 11.0. The van der Waals surface area contributed by atoms with E-state index in [1.54, 1.807) is 12.1 Å². The number of aromatic hydroxyl groups is 3. The number of phenolic OH excluding ortho intramolecular Hbond substituents is 3. The van der Waals surface area contributed by atoms with Crippen LogP contribution >= 0.6 is 0 Å². The minimum atomic E-state index is 0.237. The number of para-hydroxylation sites is 1. The third kappa shape index (κ3) is 4.46. The van der Waals surface area contributed by atoms with Crippen molar-refractivity contribution in [3.05, 3.63) is 88.0 Å². The van der Waals surface area contributed by atoms with Gasteiger partial charge in [0.2, 0.25) is 0 Å². The Bertz CT molecular complexity index is 1020. The monoisotopic (exact) mass is 402 g/mol. The molecule has 0 heterocycles. The van der Waals surface area contributed by atoms with Crippen molar-refractivity contribution in [1.29, 1.82) is 0 Å². The molecule has 0 unspecified atom stereocenters. The molecule has 0 atom stereocenters. The van der Waals surface area contributed by atoms with Crippen molar-refractivity contribution in [2.45, 2.75) is 57.8 Å². The van der Waals surface area contributed by atoms with Gasteiger partial charge >= 0.3 is 0 Å². The topological polar surface area (TPSA) is 60.7 Å². The van der Waals surface area contributed by atoms with Crippen LogP contribution in [0.25, 0.3) is 0 Å². The van der Waals surface area contributed by atoms with E-state index in [2.05, 4.69) is 6.07 Å². The van der Waals surface area contributed by atoms with E-state index in [0.717, 1.165) is 46.2 Å². The molecule has 1 saturated carbocycles. The van der Waals surface area contributed by atoms with Gasteiger partial charge < -0.3 is 15.3 Å². The molecule has 0 aromatic heterocycles. The molecule has 4 rings (SSSR count). The fourth-order valence-corrected chi connectivity index (χ4v) is 4.74. The summed E-state index contributed by atoms with van der Waals surface area (Å²) in [5.41, 5.74) is 5.73. The van der Waals surface area contributed by atoms with Gasteiger partial charge in [-0.05, 0) is 65.6 Å². The zero-order valence-electron chi connectivity index (χ0n) is 17.6. The van der Waals surface area contributed by atoms with E-state index >= 15 is 0 Å². The number of rotatable bonds is 5. The Morgan fingerprint density at radius 1 is 0.733 bits per heavy atom. The Balaban J connectivity index is 1.62. The van der Waals surface area contributed by atoms with Crippen LogP contribution in [0.1, 0.15) is 71.4 Å². The molecule has 30 heavy (non-hydrogen) atoms. The van der Waals surface area contributed by atoms with Crippen molar-refractivity contribution in [3.63, 3.8) is 0 Å². The van der Waals surface area contributed by atoms with Gasteiger partial charge in [0.25, 0.3) is 0 Å². The highest BCUT2D eigenvalue weighted by Gasteiger charge is 2.20. The highest BCUT2D eigenvalue weighted by molar-refractivity contribution is 5.51. The predicted molar refractivity (Wildman–Crippen MR) is 120 cm³/mol. The number of phenols is 3. The lowest BCUT2D eigenvalue weighted by Gasteiger charge is -2.24. The van der Waals surface area contributed by atoms with Gasteiger partial charge in [0.05, 0.1) is 0 Å². The zero-order valence-corrected chi connectivity index (χ0v) is 17.6. The van der Waals surface area contributed by atoms with Crippen molar-refractivity contribution in [3.8, 4) is 17.2 Å². The summed E-state index contributed by atoms with van der Waals surface area (Å²) in [6, 6.07) is 17.1. The fourth-order valence-electron chi connectivity index (χ4n) is 4.74. The second-order valence-electron chi connectivity index (χ2n) is 8.64. The number of hydrogen-bond donors (Lipinski definition) is 3. The van der Waals surface area contributed by atoms with Crippen molar-refractivity contribution >= 4 is 0 Å². The van der Waals surface area contributed by atoms with Gasteiger partial charge in [-0.25, -0.2) is 0 Å². The maximum absolute atomic E-state index is 11.0. The van der Waals surface area contributed by atoms with E-state index in [0.29, 0.717) is 24.5 Å². The van der Waals surface area contributed by atoms with Gasteiger partial charge in [-0.15, -0.1) is 0 Å². The largest absolute Gasteiger partial charge is 0.508 e. The van der Waals surface area contributed by atoms with Crippen LogP contribution in [0.5, 0.6) is 17.2 Å². The van der Waals surface area contributed by atoms with Crippen LogP contribution < -0.4 is 0 Å². The first-order chi connectivity index (χ1) is 14.5. The highest BCUT2D eigenvalue weighted by atomic mass is 16.3. The molecule has 3 aromatic carbocycles. The molecular weight excluding hydrogens is 372 g/mol. The lowest BCUT2D eigenvalue weighted by atomic mass is 9.82. The third-order valence-electron chi connectivity index (χ3n) is 6.32. The van der Waals surface area contributed by atoms with Gasteiger partial charge in [0.15, 0.2) is 0 Å². The molecule has 3 heteroatoms. The molecule has 1 aliphatic carbocycles. The summed E-state index contributed by atoms with van der Waals surface area (Å²) in [7, 11) is 0. The predicted octanol–water partition coefficient (Wildman–Crippen LogP) is 6.34. The zero-order chi connectivity index (χ0) is 21.1. The summed E-state index contributed by atoms with van der Waals surface area (Å²) in [6.07, 6.45) is 7.13. The molecule has 0 spiro atoms. The first-order valence-corrected chi connectivity index (χ1v) is 10.9. The summed E-state index contributed by atoms with van der Waals surface area (Å²) in [4.78, 5) is 0. The minimum Gasteiger partial charge on any atom is -0.508 e. The van der Waals surface area contributed by atoms with Crippen LogP contribution in [0.4, 0.5) is 0 Å². The molecule has 0 aliphatic heterocycles. The molecule has 1 aliphatic rings. The summed E-state index contributed by atoms with van der Waals surface area (Å²) in [5, 5.41) is 31.5. The SMILES string of the molecule is Cc1cc(Cc2ccc(O)cc2)c(O)c(Cc2cccc(C3CCCCC3)c2O)c1. The summed E-state index contributed by atoms with van der Waals surface area (Å²) in [5.74, 6) is 1.36. The molecule has 3 N–H and O–H groups in total. The number of hydrogen-bond acceptors (Lipinski definition) is 3. The average Bonchev–Trinajstić information content (AvgIpc) is 2.75. The summed E-state index contributed by atoms with van der Waals surface area (Å²) < 4.78 is 0. The Hall–Kier alpha value is -2.94. The molecule has 0 bridgehead atoms. The van der Waals surface area contributed by atoms with Crippen LogP contribution in [0.15, 0.2) is 54.6 Å². The molecule has 3 aromatic rings. The summed E-state index contributed by atoms with van der Waals surface area (Å²) >= 11 is 0. The quantitative estimate of drug-likeness (QED) is 0.466. The van der Waals surface area contributed by atoms with Crippen LogP contribution in [-0.2, 0) is 12.8 Å². The lowest BCUT2D eigenvalue weighted by molar-refractivity contribution is 0.411. The summed E-state index contributed by atoms with van der Waals surface area (Å²) in [6.45, 7) is 2.03. The van der Waals surface area contributed by atoms with Crippen molar-refractivity contribution in [2.75, 3.05) is 0 Å². The van der Waals surface area contributed by atoms with Crippen LogP contribution in [0, 0.1) is 6.92 Å². The van der Waals surface area contributed by atoms with E-state index in [9.17, 15) is 15.3 Å². The van der Waals surface area contributed by atoms with E-state index in [1.165, 1.54) is 19.3 Å². The molecule has 1 fully saturated rings. The average molecular weight is 403 g/mol. The molecule has 3 nitrogen and oxygen atoms in total.